The number of nitrogens with zero attached hydrogens (tertiary/aromatic N) is 2. The van der Waals surface area contributed by atoms with Crippen LogP contribution in [-0.4, -0.2) is 21.1 Å². The Kier molecular flexibility index (Phi) is 3.80. The first-order chi connectivity index (χ1) is 8.27. The first-order valence-electron chi connectivity index (χ1n) is 5.51. The Hall–Kier alpha value is -1.78. The second-order valence-corrected chi connectivity index (χ2v) is 3.93. The van der Waals surface area contributed by atoms with Gasteiger partial charge in [-0.15, -0.1) is 0 Å². The molecule has 1 aromatic carbocycles. The van der Waals surface area contributed by atoms with Crippen molar-refractivity contribution in [2.45, 2.75) is 18.6 Å². The highest BCUT2D eigenvalue weighted by molar-refractivity contribution is 5.17. The molecule has 2 rings (SSSR count). The van der Waals surface area contributed by atoms with Gasteiger partial charge in [-0.25, -0.2) is 9.97 Å². The molecule has 88 valence electrons. The van der Waals surface area contributed by atoms with Crippen molar-refractivity contribution in [2.24, 2.45) is 5.73 Å². The van der Waals surface area contributed by atoms with Crippen LogP contribution in [0.1, 0.15) is 17.4 Å². The van der Waals surface area contributed by atoms with Gasteiger partial charge in [0.15, 0.2) is 0 Å². The van der Waals surface area contributed by atoms with Gasteiger partial charge in [0.05, 0.1) is 5.69 Å². The molecule has 0 fully saturated rings. The maximum atomic E-state index is 10.0. The molecule has 0 bridgehead atoms. The molecule has 2 aromatic rings. The maximum absolute atomic E-state index is 10.0. The van der Waals surface area contributed by atoms with E-state index in [2.05, 4.69) is 9.97 Å². The van der Waals surface area contributed by atoms with Crippen LogP contribution in [0.15, 0.2) is 48.9 Å². The van der Waals surface area contributed by atoms with Crippen LogP contribution in [0.25, 0.3) is 0 Å². The lowest BCUT2D eigenvalue weighted by molar-refractivity contribution is 0.141. The van der Waals surface area contributed by atoms with Crippen molar-refractivity contribution < 1.29 is 5.11 Å². The Bertz CT molecular complexity index is 447. The van der Waals surface area contributed by atoms with Crippen LogP contribution in [0.3, 0.4) is 0 Å². The van der Waals surface area contributed by atoms with Crippen LogP contribution in [0.5, 0.6) is 0 Å². The van der Waals surface area contributed by atoms with Gasteiger partial charge in [-0.05, 0) is 18.1 Å². The topological polar surface area (TPSA) is 72.0 Å². The van der Waals surface area contributed by atoms with Gasteiger partial charge in [-0.2, -0.15) is 0 Å². The van der Waals surface area contributed by atoms with Crippen LogP contribution >= 0.6 is 0 Å². The van der Waals surface area contributed by atoms with Crippen LogP contribution in [0.4, 0.5) is 0 Å². The molecule has 4 nitrogen and oxygen atoms in total. The number of aromatic nitrogens is 2. The van der Waals surface area contributed by atoms with Crippen LogP contribution in [0.2, 0.25) is 0 Å². The van der Waals surface area contributed by atoms with Crippen LogP contribution in [-0.2, 0) is 6.42 Å². The third-order valence-electron chi connectivity index (χ3n) is 2.63. The number of hydrogen-bond acceptors (Lipinski definition) is 4. The molecule has 0 amide bonds. The molecule has 3 N–H and O–H groups in total. The van der Waals surface area contributed by atoms with E-state index in [1.54, 1.807) is 12.3 Å². The van der Waals surface area contributed by atoms with Crippen molar-refractivity contribution in [1.82, 2.24) is 9.97 Å². The molecule has 0 radical (unpaired) electrons. The second kappa shape index (κ2) is 5.52. The van der Waals surface area contributed by atoms with Gasteiger partial charge in [0.1, 0.15) is 12.4 Å². The van der Waals surface area contributed by atoms with E-state index in [0.717, 1.165) is 5.56 Å². The molecule has 0 aliphatic rings. The van der Waals surface area contributed by atoms with Crippen molar-refractivity contribution in [2.75, 3.05) is 0 Å². The molecule has 1 aromatic heterocycles. The Morgan fingerprint density at radius 2 is 1.94 bits per heavy atom. The van der Waals surface area contributed by atoms with E-state index in [4.69, 9.17) is 5.73 Å². The van der Waals surface area contributed by atoms with E-state index in [1.165, 1.54) is 6.33 Å². The van der Waals surface area contributed by atoms with E-state index in [1.807, 2.05) is 30.3 Å². The molecule has 17 heavy (non-hydrogen) atoms. The van der Waals surface area contributed by atoms with E-state index in [9.17, 15) is 5.11 Å². The van der Waals surface area contributed by atoms with Crippen molar-refractivity contribution in [3.63, 3.8) is 0 Å². The lowest BCUT2D eigenvalue weighted by Crippen LogP contribution is -2.31. The SMILES string of the molecule is NC(Cc1ccccc1)C(O)c1ccncn1. The summed E-state index contributed by atoms with van der Waals surface area (Å²) >= 11 is 0. The molecule has 1 heterocycles. The third-order valence-corrected chi connectivity index (χ3v) is 2.63. The van der Waals surface area contributed by atoms with Gasteiger partial charge < -0.3 is 10.8 Å². The van der Waals surface area contributed by atoms with Crippen molar-refractivity contribution in [3.8, 4) is 0 Å². The summed E-state index contributed by atoms with van der Waals surface area (Å²) in [6.45, 7) is 0. The Labute approximate surface area is 100 Å². The quantitative estimate of drug-likeness (QED) is 0.823. The average Bonchev–Trinajstić information content (AvgIpc) is 2.40. The summed E-state index contributed by atoms with van der Waals surface area (Å²) in [5, 5.41) is 10.0. The highest BCUT2D eigenvalue weighted by atomic mass is 16.3. The summed E-state index contributed by atoms with van der Waals surface area (Å²) in [4.78, 5) is 7.81. The van der Waals surface area contributed by atoms with E-state index >= 15 is 0 Å². The van der Waals surface area contributed by atoms with E-state index < -0.39 is 6.10 Å². The number of rotatable bonds is 4. The van der Waals surface area contributed by atoms with Crippen molar-refractivity contribution in [3.05, 3.63) is 60.2 Å². The number of aliphatic hydroxyl groups is 1. The molecule has 0 spiro atoms. The molecule has 0 aliphatic carbocycles. The third kappa shape index (κ3) is 3.09. The Morgan fingerprint density at radius 3 is 2.59 bits per heavy atom. The van der Waals surface area contributed by atoms with Crippen LogP contribution < -0.4 is 5.73 Å². The van der Waals surface area contributed by atoms with Crippen molar-refractivity contribution >= 4 is 0 Å². The number of hydrogen-bond donors (Lipinski definition) is 2. The number of aliphatic hydroxyl groups excluding tert-OH is 1. The van der Waals surface area contributed by atoms with E-state index in [-0.39, 0.29) is 6.04 Å². The molecular formula is C13H15N3O. The zero-order valence-electron chi connectivity index (χ0n) is 9.40. The summed E-state index contributed by atoms with van der Waals surface area (Å²) in [5.74, 6) is 0. The van der Waals surface area contributed by atoms with Crippen molar-refractivity contribution in [1.29, 1.82) is 0 Å². The summed E-state index contributed by atoms with van der Waals surface area (Å²) in [6.07, 6.45) is 2.86. The minimum atomic E-state index is -0.766. The normalized spacial score (nSPS) is 14.2. The highest BCUT2D eigenvalue weighted by Crippen LogP contribution is 2.15. The average molecular weight is 229 g/mol. The highest BCUT2D eigenvalue weighted by Gasteiger charge is 2.18. The zero-order valence-corrected chi connectivity index (χ0v) is 9.40. The first kappa shape index (κ1) is 11.7. The Balaban J connectivity index is 2.03. The zero-order chi connectivity index (χ0) is 12.1. The fraction of sp³-hybridized carbons (Fsp3) is 0.231. The predicted octanol–water partition coefficient (Wildman–Crippen LogP) is 1.08. The monoisotopic (exact) mass is 229 g/mol. The van der Waals surface area contributed by atoms with Gasteiger partial charge in [-0.3, -0.25) is 0 Å². The minimum absolute atomic E-state index is 0.368. The molecular weight excluding hydrogens is 214 g/mol. The fourth-order valence-corrected chi connectivity index (χ4v) is 1.69. The standard InChI is InChI=1S/C13H15N3O/c14-11(8-10-4-2-1-3-5-10)13(17)12-6-7-15-9-16-12/h1-7,9,11,13,17H,8,14H2. The fourth-order valence-electron chi connectivity index (χ4n) is 1.69. The summed E-state index contributed by atoms with van der Waals surface area (Å²) in [5.41, 5.74) is 7.63. The smallest absolute Gasteiger partial charge is 0.115 e. The van der Waals surface area contributed by atoms with Gasteiger partial charge in [0.2, 0.25) is 0 Å². The maximum Gasteiger partial charge on any atom is 0.115 e. The summed E-state index contributed by atoms with van der Waals surface area (Å²) in [7, 11) is 0. The lowest BCUT2D eigenvalue weighted by atomic mass is 10.0. The molecule has 2 atom stereocenters. The largest absolute Gasteiger partial charge is 0.385 e. The summed E-state index contributed by atoms with van der Waals surface area (Å²) < 4.78 is 0. The molecule has 4 heteroatoms. The van der Waals surface area contributed by atoms with Gasteiger partial charge in [0, 0.05) is 12.2 Å². The van der Waals surface area contributed by atoms with Gasteiger partial charge >= 0.3 is 0 Å². The molecule has 0 saturated heterocycles. The predicted molar refractivity (Wildman–Crippen MR) is 65.1 cm³/mol. The van der Waals surface area contributed by atoms with E-state index in [0.29, 0.717) is 12.1 Å². The lowest BCUT2D eigenvalue weighted by Gasteiger charge is -2.18. The first-order valence-corrected chi connectivity index (χ1v) is 5.51. The minimum Gasteiger partial charge on any atom is -0.385 e. The second-order valence-electron chi connectivity index (χ2n) is 3.93. The number of benzene rings is 1. The van der Waals surface area contributed by atoms with Gasteiger partial charge in [-0.1, -0.05) is 30.3 Å². The summed E-state index contributed by atoms with van der Waals surface area (Å²) in [6, 6.07) is 11.2. The molecule has 0 saturated carbocycles. The van der Waals surface area contributed by atoms with Gasteiger partial charge in [0.25, 0.3) is 0 Å². The number of nitrogens with two attached hydrogens (primary N) is 1. The Morgan fingerprint density at radius 1 is 1.18 bits per heavy atom. The molecule has 2 unspecified atom stereocenters. The molecule has 0 aliphatic heterocycles. The van der Waals surface area contributed by atoms with Crippen LogP contribution in [0, 0.1) is 0 Å².